The standard InChI is InChI=1S/C15H13ClF2O2/c1-9(19)13-4-3-12(7-15(13)18)20-8-10-6-11(16)2-5-14(10)17/h2-7,9,19H,8H2,1H3/t9-/m0/s1. The molecular formula is C15H13ClF2O2. The average molecular weight is 299 g/mol. The fourth-order valence-electron chi connectivity index (χ4n) is 1.75. The quantitative estimate of drug-likeness (QED) is 0.914. The highest BCUT2D eigenvalue weighted by Crippen LogP contribution is 2.23. The fourth-order valence-corrected chi connectivity index (χ4v) is 1.95. The summed E-state index contributed by atoms with van der Waals surface area (Å²) in [5.41, 5.74) is 0.476. The van der Waals surface area contributed by atoms with Gasteiger partial charge in [0.05, 0.1) is 6.10 Å². The molecule has 0 bridgehead atoms. The van der Waals surface area contributed by atoms with Gasteiger partial charge in [0.2, 0.25) is 0 Å². The van der Waals surface area contributed by atoms with E-state index >= 15 is 0 Å². The molecule has 0 saturated heterocycles. The van der Waals surface area contributed by atoms with E-state index in [0.717, 1.165) is 6.07 Å². The van der Waals surface area contributed by atoms with Crippen LogP contribution in [0.2, 0.25) is 5.02 Å². The monoisotopic (exact) mass is 298 g/mol. The van der Waals surface area contributed by atoms with Crippen LogP contribution in [0.3, 0.4) is 0 Å². The summed E-state index contributed by atoms with van der Waals surface area (Å²) in [5, 5.41) is 9.73. The first kappa shape index (κ1) is 14.8. The Morgan fingerprint density at radius 2 is 1.90 bits per heavy atom. The largest absolute Gasteiger partial charge is 0.489 e. The predicted molar refractivity (Wildman–Crippen MR) is 72.8 cm³/mol. The zero-order chi connectivity index (χ0) is 14.7. The second-order valence-electron chi connectivity index (χ2n) is 4.38. The van der Waals surface area contributed by atoms with Crippen LogP contribution in [0, 0.1) is 11.6 Å². The molecule has 2 aromatic rings. The Kier molecular flexibility index (Phi) is 4.57. The summed E-state index contributed by atoms with van der Waals surface area (Å²) in [6, 6.07) is 8.26. The fraction of sp³-hybridized carbons (Fsp3) is 0.200. The van der Waals surface area contributed by atoms with Gasteiger partial charge in [-0.2, -0.15) is 0 Å². The summed E-state index contributed by atoms with van der Waals surface area (Å²) in [4.78, 5) is 0. The first-order valence-corrected chi connectivity index (χ1v) is 6.39. The van der Waals surface area contributed by atoms with E-state index in [1.165, 1.54) is 37.3 Å². The van der Waals surface area contributed by atoms with Gasteiger partial charge in [0, 0.05) is 22.2 Å². The minimum absolute atomic E-state index is 0.0557. The third-order valence-corrected chi connectivity index (χ3v) is 3.06. The zero-order valence-corrected chi connectivity index (χ0v) is 11.5. The lowest BCUT2D eigenvalue weighted by molar-refractivity contribution is 0.194. The van der Waals surface area contributed by atoms with E-state index in [1.54, 1.807) is 0 Å². The van der Waals surface area contributed by atoms with Gasteiger partial charge in [-0.25, -0.2) is 8.78 Å². The topological polar surface area (TPSA) is 29.5 Å². The van der Waals surface area contributed by atoms with Crippen LogP contribution >= 0.6 is 11.6 Å². The van der Waals surface area contributed by atoms with Gasteiger partial charge in [0.15, 0.2) is 0 Å². The van der Waals surface area contributed by atoms with Crippen molar-refractivity contribution in [2.75, 3.05) is 0 Å². The molecule has 1 atom stereocenters. The van der Waals surface area contributed by atoms with E-state index in [1.807, 2.05) is 0 Å². The predicted octanol–water partition coefficient (Wildman–Crippen LogP) is 4.25. The van der Waals surface area contributed by atoms with Gasteiger partial charge in [-0.15, -0.1) is 0 Å². The molecule has 0 unspecified atom stereocenters. The van der Waals surface area contributed by atoms with Gasteiger partial charge in [-0.3, -0.25) is 0 Å². The number of hydrogen-bond donors (Lipinski definition) is 1. The van der Waals surface area contributed by atoms with E-state index in [9.17, 15) is 13.9 Å². The molecule has 0 heterocycles. The number of halogens is 3. The Balaban J connectivity index is 2.11. The molecule has 0 aliphatic rings. The van der Waals surface area contributed by atoms with Crippen LogP contribution in [-0.4, -0.2) is 5.11 Å². The third-order valence-electron chi connectivity index (χ3n) is 2.82. The number of rotatable bonds is 4. The lowest BCUT2D eigenvalue weighted by Gasteiger charge is -2.10. The van der Waals surface area contributed by atoms with Crippen molar-refractivity contribution in [3.8, 4) is 5.75 Å². The van der Waals surface area contributed by atoms with Crippen LogP contribution < -0.4 is 4.74 Å². The number of aliphatic hydroxyl groups excluding tert-OH is 1. The smallest absolute Gasteiger partial charge is 0.132 e. The molecule has 0 aromatic heterocycles. The number of hydrogen-bond acceptors (Lipinski definition) is 2. The molecule has 5 heteroatoms. The number of aliphatic hydroxyl groups is 1. The first-order valence-electron chi connectivity index (χ1n) is 6.01. The van der Waals surface area contributed by atoms with Gasteiger partial charge < -0.3 is 9.84 Å². The maximum atomic E-state index is 13.6. The van der Waals surface area contributed by atoms with Crippen LogP contribution in [0.1, 0.15) is 24.2 Å². The maximum Gasteiger partial charge on any atom is 0.132 e. The van der Waals surface area contributed by atoms with Crippen molar-refractivity contribution in [1.82, 2.24) is 0 Å². The Morgan fingerprint density at radius 3 is 2.55 bits per heavy atom. The molecule has 1 N–H and O–H groups in total. The van der Waals surface area contributed by atoms with Gasteiger partial charge in [0.25, 0.3) is 0 Å². The minimum atomic E-state index is -0.894. The van der Waals surface area contributed by atoms with Crippen LogP contribution in [0.5, 0.6) is 5.75 Å². The van der Waals surface area contributed by atoms with E-state index in [4.69, 9.17) is 16.3 Å². The summed E-state index contributed by atoms with van der Waals surface area (Å²) in [6.45, 7) is 1.42. The van der Waals surface area contributed by atoms with Crippen molar-refractivity contribution in [2.24, 2.45) is 0 Å². The molecule has 0 radical (unpaired) electrons. The molecular weight excluding hydrogens is 286 g/mol. The molecule has 0 amide bonds. The SMILES string of the molecule is C[C@H](O)c1ccc(OCc2cc(Cl)ccc2F)cc1F. The van der Waals surface area contributed by atoms with E-state index in [2.05, 4.69) is 0 Å². The van der Waals surface area contributed by atoms with Crippen molar-refractivity contribution < 1.29 is 18.6 Å². The normalized spacial score (nSPS) is 12.2. The van der Waals surface area contributed by atoms with Gasteiger partial charge in [-0.1, -0.05) is 11.6 Å². The van der Waals surface area contributed by atoms with Crippen molar-refractivity contribution >= 4 is 11.6 Å². The molecule has 0 aliphatic carbocycles. The van der Waals surface area contributed by atoms with Gasteiger partial charge in [-0.05, 0) is 37.3 Å². The lowest BCUT2D eigenvalue weighted by Crippen LogP contribution is -2.01. The van der Waals surface area contributed by atoms with Gasteiger partial charge >= 0.3 is 0 Å². The van der Waals surface area contributed by atoms with Crippen LogP contribution in [0.4, 0.5) is 8.78 Å². The molecule has 20 heavy (non-hydrogen) atoms. The third kappa shape index (κ3) is 3.46. The molecule has 2 rings (SSSR count). The van der Waals surface area contributed by atoms with Crippen LogP contribution in [0.15, 0.2) is 36.4 Å². The van der Waals surface area contributed by atoms with Crippen LogP contribution in [-0.2, 0) is 6.61 Å². The molecule has 106 valence electrons. The van der Waals surface area contributed by atoms with Crippen molar-refractivity contribution in [1.29, 1.82) is 0 Å². The summed E-state index contributed by atoms with van der Waals surface area (Å²) in [6.07, 6.45) is -0.894. The lowest BCUT2D eigenvalue weighted by atomic mass is 10.1. The first-order chi connectivity index (χ1) is 9.47. The van der Waals surface area contributed by atoms with Crippen molar-refractivity contribution in [2.45, 2.75) is 19.6 Å². The Labute approximate surface area is 120 Å². The Morgan fingerprint density at radius 1 is 1.15 bits per heavy atom. The summed E-state index contributed by atoms with van der Waals surface area (Å²) in [5.74, 6) is -0.745. The Hall–Kier alpha value is -1.65. The highest BCUT2D eigenvalue weighted by atomic mass is 35.5. The molecule has 0 saturated carbocycles. The minimum Gasteiger partial charge on any atom is -0.489 e. The van der Waals surface area contributed by atoms with E-state index in [-0.39, 0.29) is 23.5 Å². The van der Waals surface area contributed by atoms with Crippen LogP contribution in [0.25, 0.3) is 0 Å². The molecule has 2 nitrogen and oxygen atoms in total. The summed E-state index contributed by atoms with van der Waals surface area (Å²) >= 11 is 5.77. The summed E-state index contributed by atoms with van der Waals surface area (Å²) < 4.78 is 32.4. The number of ether oxygens (including phenoxy) is 1. The second kappa shape index (κ2) is 6.20. The molecule has 2 aromatic carbocycles. The molecule has 0 spiro atoms. The van der Waals surface area contributed by atoms with Crippen molar-refractivity contribution in [3.05, 3.63) is 64.2 Å². The second-order valence-corrected chi connectivity index (χ2v) is 4.82. The molecule has 0 aliphatic heterocycles. The Bertz CT molecular complexity index is 615. The maximum absolute atomic E-state index is 13.6. The summed E-state index contributed by atoms with van der Waals surface area (Å²) in [7, 11) is 0. The van der Waals surface area contributed by atoms with Gasteiger partial charge in [0.1, 0.15) is 24.0 Å². The highest BCUT2D eigenvalue weighted by molar-refractivity contribution is 6.30. The average Bonchev–Trinajstić information content (AvgIpc) is 2.39. The van der Waals surface area contributed by atoms with Crippen molar-refractivity contribution in [3.63, 3.8) is 0 Å². The molecule has 0 fully saturated rings. The zero-order valence-electron chi connectivity index (χ0n) is 10.7. The van der Waals surface area contributed by atoms with E-state index in [0.29, 0.717) is 5.02 Å². The number of benzene rings is 2. The highest BCUT2D eigenvalue weighted by Gasteiger charge is 2.10. The van der Waals surface area contributed by atoms with E-state index < -0.39 is 17.7 Å².